The normalized spacial score (nSPS) is 11.0. The Hall–Kier alpha value is -2.81. The molecule has 110 valence electrons. The first kappa shape index (κ1) is 14.1. The summed E-state index contributed by atoms with van der Waals surface area (Å²) in [5, 5.41) is 3.35. The molecule has 0 saturated carbocycles. The van der Waals surface area contributed by atoms with Crippen molar-refractivity contribution in [1.29, 1.82) is 0 Å². The van der Waals surface area contributed by atoms with Crippen molar-refractivity contribution in [3.05, 3.63) is 77.7 Å². The zero-order valence-corrected chi connectivity index (χ0v) is 12.7. The summed E-state index contributed by atoms with van der Waals surface area (Å²) in [5.41, 5.74) is 4.05. The zero-order chi connectivity index (χ0) is 15.4. The van der Waals surface area contributed by atoms with Gasteiger partial charge < -0.3 is 9.73 Å². The molecule has 0 atom stereocenters. The van der Waals surface area contributed by atoms with E-state index in [-0.39, 0.29) is 0 Å². The maximum Gasteiger partial charge on any atom is 0.109 e. The Bertz CT molecular complexity index is 771. The van der Waals surface area contributed by atoms with Crippen LogP contribution in [0.25, 0.3) is 0 Å². The number of anilines is 2. The highest BCUT2D eigenvalue weighted by molar-refractivity contribution is 5.83. The zero-order valence-electron chi connectivity index (χ0n) is 12.7. The number of hydrogen-bond acceptors (Lipinski definition) is 3. The lowest BCUT2D eigenvalue weighted by molar-refractivity contribution is 0.504. The van der Waals surface area contributed by atoms with E-state index in [0.717, 1.165) is 34.1 Å². The van der Waals surface area contributed by atoms with Crippen LogP contribution in [0.5, 0.6) is 0 Å². The van der Waals surface area contributed by atoms with Crippen molar-refractivity contribution in [3.8, 4) is 0 Å². The topological polar surface area (TPSA) is 37.5 Å². The molecule has 22 heavy (non-hydrogen) atoms. The standard InChI is InChI=1S/C19H18N2O/c1-14-12-16(15(2)22-14)13-20-17-8-10-19(11-9-17)21-18-6-4-3-5-7-18/h3-13,21H,1-2H3. The highest BCUT2D eigenvalue weighted by atomic mass is 16.3. The summed E-state index contributed by atoms with van der Waals surface area (Å²) in [6.07, 6.45) is 1.84. The Morgan fingerprint density at radius 2 is 1.59 bits per heavy atom. The summed E-state index contributed by atoms with van der Waals surface area (Å²) in [4.78, 5) is 4.49. The molecule has 3 nitrogen and oxygen atoms in total. The minimum atomic E-state index is 0.892. The third-order valence-electron chi connectivity index (χ3n) is 3.36. The van der Waals surface area contributed by atoms with Crippen LogP contribution in [0.4, 0.5) is 17.1 Å². The van der Waals surface area contributed by atoms with Crippen molar-refractivity contribution in [2.24, 2.45) is 4.99 Å². The van der Waals surface area contributed by atoms with Crippen LogP contribution in [-0.2, 0) is 0 Å². The number of rotatable bonds is 4. The Labute approximate surface area is 130 Å². The highest BCUT2D eigenvalue weighted by Crippen LogP contribution is 2.20. The van der Waals surface area contributed by atoms with Crippen molar-refractivity contribution >= 4 is 23.3 Å². The van der Waals surface area contributed by atoms with Gasteiger partial charge in [-0.1, -0.05) is 18.2 Å². The van der Waals surface area contributed by atoms with Gasteiger partial charge in [0.15, 0.2) is 0 Å². The van der Waals surface area contributed by atoms with Crippen LogP contribution in [0.1, 0.15) is 17.1 Å². The average molecular weight is 290 g/mol. The van der Waals surface area contributed by atoms with E-state index in [4.69, 9.17) is 4.42 Å². The fourth-order valence-corrected chi connectivity index (χ4v) is 2.24. The van der Waals surface area contributed by atoms with Gasteiger partial charge in [-0.15, -0.1) is 0 Å². The number of nitrogens with zero attached hydrogens (tertiary/aromatic N) is 1. The number of benzene rings is 2. The van der Waals surface area contributed by atoms with Gasteiger partial charge >= 0.3 is 0 Å². The van der Waals surface area contributed by atoms with E-state index in [0.29, 0.717) is 0 Å². The molecule has 0 aliphatic rings. The molecule has 0 saturated heterocycles. The first-order valence-electron chi connectivity index (χ1n) is 7.24. The molecule has 1 heterocycles. The minimum Gasteiger partial charge on any atom is -0.466 e. The summed E-state index contributed by atoms with van der Waals surface area (Å²) in [5.74, 6) is 1.80. The molecule has 1 N–H and O–H groups in total. The summed E-state index contributed by atoms with van der Waals surface area (Å²) in [7, 11) is 0. The van der Waals surface area contributed by atoms with Gasteiger partial charge in [0.2, 0.25) is 0 Å². The Kier molecular flexibility index (Phi) is 4.05. The monoisotopic (exact) mass is 290 g/mol. The van der Waals surface area contributed by atoms with Crippen molar-refractivity contribution in [1.82, 2.24) is 0 Å². The lowest BCUT2D eigenvalue weighted by Crippen LogP contribution is -1.88. The Morgan fingerprint density at radius 1 is 0.909 bits per heavy atom. The number of para-hydroxylation sites is 1. The molecular formula is C19H18N2O. The number of hydrogen-bond donors (Lipinski definition) is 1. The molecule has 0 spiro atoms. The SMILES string of the molecule is Cc1cc(C=Nc2ccc(Nc3ccccc3)cc2)c(C)o1. The van der Waals surface area contributed by atoms with E-state index in [2.05, 4.69) is 10.3 Å². The molecule has 0 aliphatic heterocycles. The predicted molar refractivity (Wildman–Crippen MR) is 91.6 cm³/mol. The van der Waals surface area contributed by atoms with Gasteiger partial charge in [-0.25, -0.2) is 0 Å². The molecule has 0 radical (unpaired) electrons. The van der Waals surface area contributed by atoms with Gasteiger partial charge in [0, 0.05) is 23.2 Å². The second-order valence-electron chi connectivity index (χ2n) is 5.16. The van der Waals surface area contributed by atoms with Crippen molar-refractivity contribution in [2.75, 3.05) is 5.32 Å². The van der Waals surface area contributed by atoms with Gasteiger partial charge in [-0.2, -0.15) is 0 Å². The minimum absolute atomic E-state index is 0.892. The number of aryl methyl sites for hydroxylation is 2. The molecule has 0 fully saturated rings. The van der Waals surface area contributed by atoms with Crippen LogP contribution in [-0.4, -0.2) is 6.21 Å². The molecule has 0 bridgehead atoms. The van der Waals surface area contributed by atoms with Crippen LogP contribution in [0.3, 0.4) is 0 Å². The molecular weight excluding hydrogens is 272 g/mol. The van der Waals surface area contributed by atoms with E-state index < -0.39 is 0 Å². The van der Waals surface area contributed by atoms with Crippen LogP contribution in [0.15, 0.2) is 70.1 Å². The molecule has 3 aromatic rings. The largest absolute Gasteiger partial charge is 0.466 e. The molecule has 3 rings (SSSR count). The van der Waals surface area contributed by atoms with Crippen molar-refractivity contribution in [3.63, 3.8) is 0 Å². The number of furan rings is 1. The van der Waals surface area contributed by atoms with Crippen LogP contribution < -0.4 is 5.32 Å². The fourth-order valence-electron chi connectivity index (χ4n) is 2.24. The van der Waals surface area contributed by atoms with E-state index >= 15 is 0 Å². The summed E-state index contributed by atoms with van der Waals surface area (Å²) in [6.45, 7) is 3.88. The summed E-state index contributed by atoms with van der Waals surface area (Å²) >= 11 is 0. The Morgan fingerprint density at radius 3 is 2.23 bits per heavy atom. The van der Waals surface area contributed by atoms with Crippen molar-refractivity contribution in [2.45, 2.75) is 13.8 Å². The molecule has 0 amide bonds. The van der Waals surface area contributed by atoms with E-state index in [9.17, 15) is 0 Å². The van der Waals surface area contributed by atoms with Gasteiger partial charge in [0.1, 0.15) is 11.5 Å². The smallest absolute Gasteiger partial charge is 0.109 e. The first-order chi connectivity index (χ1) is 10.7. The van der Waals surface area contributed by atoms with Gasteiger partial charge in [-0.3, -0.25) is 4.99 Å². The van der Waals surface area contributed by atoms with E-state index in [1.807, 2.05) is 80.7 Å². The Balaban J connectivity index is 1.70. The molecule has 2 aromatic carbocycles. The highest BCUT2D eigenvalue weighted by Gasteiger charge is 2.01. The van der Waals surface area contributed by atoms with Gasteiger partial charge in [0.25, 0.3) is 0 Å². The predicted octanol–water partition coefficient (Wildman–Crippen LogP) is 5.39. The third kappa shape index (κ3) is 3.44. The second kappa shape index (κ2) is 6.31. The summed E-state index contributed by atoms with van der Waals surface area (Å²) in [6, 6.07) is 20.1. The molecule has 1 aromatic heterocycles. The van der Waals surface area contributed by atoms with Gasteiger partial charge in [0.05, 0.1) is 5.69 Å². The van der Waals surface area contributed by atoms with Crippen LogP contribution in [0, 0.1) is 13.8 Å². The first-order valence-corrected chi connectivity index (χ1v) is 7.24. The van der Waals surface area contributed by atoms with Crippen LogP contribution >= 0.6 is 0 Å². The number of aliphatic imine (C=N–C) groups is 1. The molecule has 0 aliphatic carbocycles. The van der Waals surface area contributed by atoms with E-state index in [1.165, 1.54) is 0 Å². The number of nitrogens with one attached hydrogen (secondary N) is 1. The quantitative estimate of drug-likeness (QED) is 0.654. The molecule has 0 unspecified atom stereocenters. The maximum absolute atomic E-state index is 5.49. The summed E-state index contributed by atoms with van der Waals surface area (Å²) < 4.78 is 5.49. The fraction of sp³-hybridized carbons (Fsp3) is 0.105. The van der Waals surface area contributed by atoms with Crippen molar-refractivity contribution < 1.29 is 4.42 Å². The van der Waals surface area contributed by atoms with Gasteiger partial charge in [-0.05, 0) is 56.3 Å². The lowest BCUT2D eigenvalue weighted by Gasteiger charge is -2.05. The van der Waals surface area contributed by atoms with E-state index in [1.54, 1.807) is 0 Å². The maximum atomic E-state index is 5.49. The lowest BCUT2D eigenvalue weighted by atomic mass is 10.2. The second-order valence-corrected chi connectivity index (χ2v) is 5.16. The molecule has 3 heteroatoms. The third-order valence-corrected chi connectivity index (χ3v) is 3.36. The van der Waals surface area contributed by atoms with Crippen LogP contribution in [0.2, 0.25) is 0 Å². The average Bonchev–Trinajstić information content (AvgIpc) is 2.85.